The second-order valence-corrected chi connectivity index (χ2v) is 3.00. The molecular formula is C13H17NO. The fourth-order valence-corrected chi connectivity index (χ4v) is 1.39. The Balaban J connectivity index is 0.000000531. The van der Waals surface area contributed by atoms with Crippen molar-refractivity contribution in [2.45, 2.75) is 27.7 Å². The van der Waals surface area contributed by atoms with E-state index in [4.69, 9.17) is 4.42 Å². The van der Waals surface area contributed by atoms with Crippen LogP contribution >= 0.6 is 0 Å². The van der Waals surface area contributed by atoms with Crippen LogP contribution < -0.4 is 0 Å². The highest BCUT2D eigenvalue weighted by atomic mass is 16.4. The first-order valence-electron chi connectivity index (χ1n) is 5.27. The zero-order chi connectivity index (χ0) is 11.3. The molecule has 80 valence electrons. The number of aryl methyl sites for hydroxylation is 2. The van der Waals surface area contributed by atoms with Gasteiger partial charge in [-0.15, -0.1) is 0 Å². The van der Waals surface area contributed by atoms with Crippen molar-refractivity contribution in [3.05, 3.63) is 42.0 Å². The van der Waals surface area contributed by atoms with Gasteiger partial charge in [0.05, 0.1) is 0 Å². The van der Waals surface area contributed by atoms with Crippen molar-refractivity contribution in [2.24, 2.45) is 0 Å². The average Bonchev–Trinajstić information content (AvgIpc) is 2.62. The first kappa shape index (κ1) is 11.5. The molecule has 1 heterocycles. The zero-order valence-electron chi connectivity index (χ0n) is 9.74. The maximum absolute atomic E-state index is 5.36. The van der Waals surface area contributed by atoms with Gasteiger partial charge in [-0.2, -0.15) is 0 Å². The minimum absolute atomic E-state index is 0.719. The molecule has 0 amide bonds. The van der Waals surface area contributed by atoms with Gasteiger partial charge >= 0.3 is 0 Å². The summed E-state index contributed by atoms with van der Waals surface area (Å²) in [7, 11) is 0. The highest BCUT2D eigenvalue weighted by molar-refractivity contribution is 5.60. The molecule has 0 unspecified atom stereocenters. The number of rotatable bonds is 1. The van der Waals surface area contributed by atoms with Gasteiger partial charge in [0.15, 0.2) is 5.89 Å². The highest BCUT2D eigenvalue weighted by Crippen LogP contribution is 2.22. The van der Waals surface area contributed by atoms with E-state index in [0.29, 0.717) is 0 Å². The SMILES string of the molecule is CC.Cc1nc(-c2ccccc2)c(C)o1. The number of hydrogen-bond donors (Lipinski definition) is 0. The monoisotopic (exact) mass is 203 g/mol. The van der Waals surface area contributed by atoms with Gasteiger partial charge < -0.3 is 4.42 Å². The summed E-state index contributed by atoms with van der Waals surface area (Å²) in [5.74, 6) is 1.60. The van der Waals surface area contributed by atoms with Gasteiger partial charge in [-0.3, -0.25) is 0 Å². The molecule has 2 rings (SSSR count). The van der Waals surface area contributed by atoms with Crippen molar-refractivity contribution in [2.75, 3.05) is 0 Å². The van der Waals surface area contributed by atoms with Crippen LogP contribution in [0.25, 0.3) is 11.3 Å². The molecule has 0 saturated carbocycles. The largest absolute Gasteiger partial charge is 0.446 e. The summed E-state index contributed by atoms with van der Waals surface area (Å²) in [6.45, 7) is 7.79. The van der Waals surface area contributed by atoms with Crippen molar-refractivity contribution in [1.29, 1.82) is 0 Å². The molecule has 0 saturated heterocycles. The molecular weight excluding hydrogens is 186 g/mol. The van der Waals surface area contributed by atoms with Gasteiger partial charge in [0.25, 0.3) is 0 Å². The van der Waals surface area contributed by atoms with Crippen LogP contribution in [0.1, 0.15) is 25.5 Å². The maximum Gasteiger partial charge on any atom is 0.191 e. The summed E-state index contributed by atoms with van der Waals surface area (Å²) in [6.07, 6.45) is 0. The third-order valence-corrected chi connectivity index (χ3v) is 1.95. The van der Waals surface area contributed by atoms with E-state index in [1.807, 2.05) is 58.0 Å². The lowest BCUT2D eigenvalue weighted by Crippen LogP contribution is -1.79. The lowest BCUT2D eigenvalue weighted by atomic mass is 10.1. The summed E-state index contributed by atoms with van der Waals surface area (Å²) in [6, 6.07) is 10.1. The van der Waals surface area contributed by atoms with Crippen LogP contribution in [-0.2, 0) is 0 Å². The topological polar surface area (TPSA) is 26.0 Å². The van der Waals surface area contributed by atoms with Crippen molar-refractivity contribution in [1.82, 2.24) is 4.98 Å². The standard InChI is InChI=1S/C11H11NO.C2H6/c1-8-11(12-9(2)13-8)10-6-4-3-5-7-10;1-2/h3-7H,1-2H3;1-2H3. The average molecular weight is 203 g/mol. The second-order valence-electron chi connectivity index (χ2n) is 3.00. The minimum Gasteiger partial charge on any atom is -0.446 e. The third-order valence-electron chi connectivity index (χ3n) is 1.95. The smallest absolute Gasteiger partial charge is 0.191 e. The zero-order valence-corrected chi connectivity index (χ0v) is 9.74. The van der Waals surface area contributed by atoms with E-state index in [1.165, 1.54) is 0 Å². The molecule has 0 aliphatic carbocycles. The van der Waals surface area contributed by atoms with E-state index in [0.717, 1.165) is 22.9 Å². The van der Waals surface area contributed by atoms with Gasteiger partial charge in [-0.1, -0.05) is 44.2 Å². The molecule has 1 aromatic heterocycles. The quantitative estimate of drug-likeness (QED) is 0.700. The molecule has 0 N–H and O–H groups in total. The molecule has 15 heavy (non-hydrogen) atoms. The molecule has 0 atom stereocenters. The van der Waals surface area contributed by atoms with Crippen molar-refractivity contribution in [3.63, 3.8) is 0 Å². The van der Waals surface area contributed by atoms with Crippen LogP contribution in [0.3, 0.4) is 0 Å². The van der Waals surface area contributed by atoms with Crippen LogP contribution in [0.2, 0.25) is 0 Å². The lowest BCUT2D eigenvalue weighted by molar-refractivity contribution is 0.495. The fourth-order valence-electron chi connectivity index (χ4n) is 1.39. The fraction of sp³-hybridized carbons (Fsp3) is 0.308. The number of nitrogens with zero attached hydrogens (tertiary/aromatic N) is 1. The Morgan fingerprint density at radius 1 is 1.00 bits per heavy atom. The molecule has 0 bridgehead atoms. The minimum atomic E-state index is 0.719. The predicted octanol–water partition coefficient (Wildman–Crippen LogP) is 3.98. The number of benzene rings is 1. The lowest BCUT2D eigenvalue weighted by Gasteiger charge is -1.94. The normalized spacial score (nSPS) is 9.33. The molecule has 0 aliphatic heterocycles. The first-order valence-corrected chi connectivity index (χ1v) is 5.27. The van der Waals surface area contributed by atoms with E-state index in [2.05, 4.69) is 4.98 Å². The summed E-state index contributed by atoms with van der Waals surface area (Å²) < 4.78 is 5.36. The third kappa shape index (κ3) is 2.69. The van der Waals surface area contributed by atoms with Crippen LogP contribution in [0.4, 0.5) is 0 Å². The Morgan fingerprint density at radius 2 is 1.60 bits per heavy atom. The Labute approximate surface area is 91.0 Å². The van der Waals surface area contributed by atoms with E-state index in [-0.39, 0.29) is 0 Å². The molecule has 0 fully saturated rings. The van der Waals surface area contributed by atoms with Gasteiger partial charge in [0.1, 0.15) is 11.5 Å². The van der Waals surface area contributed by atoms with Crippen LogP contribution in [0.15, 0.2) is 34.7 Å². The molecule has 0 aliphatic rings. The molecule has 2 nitrogen and oxygen atoms in total. The van der Waals surface area contributed by atoms with E-state index >= 15 is 0 Å². The van der Waals surface area contributed by atoms with Crippen LogP contribution in [0, 0.1) is 13.8 Å². The van der Waals surface area contributed by atoms with Crippen molar-refractivity contribution < 1.29 is 4.42 Å². The van der Waals surface area contributed by atoms with Crippen molar-refractivity contribution >= 4 is 0 Å². The molecule has 2 aromatic rings. The summed E-state index contributed by atoms with van der Waals surface area (Å²) in [4.78, 5) is 4.31. The summed E-state index contributed by atoms with van der Waals surface area (Å²) in [5.41, 5.74) is 2.05. The van der Waals surface area contributed by atoms with E-state index in [9.17, 15) is 0 Å². The van der Waals surface area contributed by atoms with E-state index in [1.54, 1.807) is 0 Å². The van der Waals surface area contributed by atoms with E-state index < -0.39 is 0 Å². The van der Waals surface area contributed by atoms with Gasteiger partial charge in [-0.05, 0) is 6.92 Å². The first-order chi connectivity index (χ1) is 7.27. The molecule has 0 radical (unpaired) electrons. The van der Waals surface area contributed by atoms with Gasteiger partial charge in [-0.25, -0.2) is 4.98 Å². The number of oxazole rings is 1. The predicted molar refractivity (Wildman–Crippen MR) is 62.8 cm³/mol. The van der Waals surface area contributed by atoms with Gasteiger partial charge in [0.2, 0.25) is 0 Å². The summed E-state index contributed by atoms with van der Waals surface area (Å²) in [5, 5.41) is 0. The number of hydrogen-bond acceptors (Lipinski definition) is 2. The number of aromatic nitrogens is 1. The highest BCUT2D eigenvalue weighted by Gasteiger charge is 2.07. The van der Waals surface area contributed by atoms with Crippen molar-refractivity contribution in [3.8, 4) is 11.3 Å². The van der Waals surface area contributed by atoms with Gasteiger partial charge in [0, 0.05) is 12.5 Å². The second kappa shape index (κ2) is 5.35. The Kier molecular flexibility index (Phi) is 4.10. The Morgan fingerprint density at radius 3 is 2.07 bits per heavy atom. The maximum atomic E-state index is 5.36. The Hall–Kier alpha value is -1.57. The molecule has 0 spiro atoms. The summed E-state index contributed by atoms with van der Waals surface area (Å²) >= 11 is 0. The van der Waals surface area contributed by atoms with Crippen LogP contribution in [0.5, 0.6) is 0 Å². The molecule has 2 heteroatoms. The molecule has 1 aromatic carbocycles. The van der Waals surface area contributed by atoms with Crippen LogP contribution in [-0.4, -0.2) is 4.98 Å². The Bertz CT molecular complexity index is 404.